The van der Waals surface area contributed by atoms with Gasteiger partial charge in [0, 0.05) is 6.92 Å². The molecule has 0 aliphatic heterocycles. The number of carbonyl (C=O) groups excluding carboxylic acids is 1. The molecule has 0 radical (unpaired) electrons. The Morgan fingerprint density at radius 3 is 1.90 bits per heavy atom. The minimum Gasteiger partial charge on any atom is -0.497 e. The van der Waals surface area contributed by atoms with Crippen molar-refractivity contribution in [2.45, 2.75) is 33.1 Å². The van der Waals surface area contributed by atoms with E-state index in [9.17, 15) is 4.79 Å². The van der Waals surface area contributed by atoms with Gasteiger partial charge in [0.25, 0.3) is 0 Å². The van der Waals surface area contributed by atoms with Crippen molar-refractivity contribution >= 4 is 16.7 Å². The van der Waals surface area contributed by atoms with Gasteiger partial charge in [-0.3, -0.25) is 4.79 Å². The van der Waals surface area contributed by atoms with Crippen molar-refractivity contribution in [1.82, 2.24) is 0 Å². The summed E-state index contributed by atoms with van der Waals surface area (Å²) in [7, 11) is 3.40. The van der Waals surface area contributed by atoms with Gasteiger partial charge in [0.15, 0.2) is 0 Å². The third-order valence-electron chi connectivity index (χ3n) is 8.12. The van der Waals surface area contributed by atoms with Gasteiger partial charge in [-0.2, -0.15) is 0 Å². The van der Waals surface area contributed by atoms with Gasteiger partial charge in [-0.05, 0) is 112 Å². The van der Waals surface area contributed by atoms with E-state index in [4.69, 9.17) is 14.2 Å². The van der Waals surface area contributed by atoms with Gasteiger partial charge in [-0.15, -0.1) is 0 Å². The molecule has 0 aromatic heterocycles. The zero-order valence-corrected chi connectivity index (χ0v) is 23.7. The number of methoxy groups -OCH3 is 2. The number of aryl methyl sites for hydroxylation is 3. The Morgan fingerprint density at radius 1 is 0.675 bits per heavy atom. The summed E-state index contributed by atoms with van der Waals surface area (Å²) in [6, 6.07) is 29.7. The van der Waals surface area contributed by atoms with Crippen LogP contribution in [0.15, 0.2) is 84.9 Å². The van der Waals surface area contributed by atoms with Gasteiger partial charge in [0.2, 0.25) is 0 Å². The molecule has 1 aliphatic carbocycles. The van der Waals surface area contributed by atoms with Crippen LogP contribution in [0.1, 0.15) is 45.9 Å². The van der Waals surface area contributed by atoms with Gasteiger partial charge in [0.1, 0.15) is 17.2 Å². The average Bonchev–Trinajstić information content (AvgIpc) is 3.24. The quantitative estimate of drug-likeness (QED) is 0.168. The molecule has 1 unspecified atom stereocenters. The predicted octanol–water partition coefficient (Wildman–Crippen LogP) is 8.07. The van der Waals surface area contributed by atoms with E-state index in [-0.39, 0.29) is 5.97 Å². The lowest BCUT2D eigenvalue weighted by Crippen LogP contribution is -2.29. The molecule has 4 nitrogen and oxygen atoms in total. The molecule has 0 spiro atoms. The molecule has 5 aromatic rings. The van der Waals surface area contributed by atoms with Crippen LogP contribution in [0.25, 0.3) is 21.9 Å². The minimum atomic E-state index is -0.593. The zero-order valence-electron chi connectivity index (χ0n) is 23.7. The molecule has 5 aromatic carbocycles. The Bertz CT molecular complexity index is 1780. The van der Waals surface area contributed by atoms with Gasteiger partial charge in [-0.1, -0.05) is 54.1 Å². The first kappa shape index (κ1) is 25.7. The summed E-state index contributed by atoms with van der Waals surface area (Å²) in [5.41, 5.74) is 10.3. The van der Waals surface area contributed by atoms with Gasteiger partial charge >= 0.3 is 5.97 Å². The maximum atomic E-state index is 11.7. The highest BCUT2D eigenvalue weighted by Gasteiger charge is 2.48. The molecular formula is C36H32O4. The van der Waals surface area contributed by atoms with Crippen molar-refractivity contribution in [2.75, 3.05) is 14.2 Å². The molecule has 0 bridgehead atoms. The van der Waals surface area contributed by atoms with E-state index in [1.54, 1.807) is 14.2 Å². The number of benzene rings is 5. The molecule has 6 rings (SSSR count). The summed E-state index contributed by atoms with van der Waals surface area (Å²) in [5.74, 6) is 1.86. The number of hydrogen-bond acceptors (Lipinski definition) is 4. The second-order valence-corrected chi connectivity index (χ2v) is 10.6. The monoisotopic (exact) mass is 528 g/mol. The first-order valence-corrected chi connectivity index (χ1v) is 13.4. The Morgan fingerprint density at radius 2 is 1.30 bits per heavy atom. The smallest absolute Gasteiger partial charge is 0.308 e. The van der Waals surface area contributed by atoms with Crippen LogP contribution in [-0.4, -0.2) is 20.2 Å². The average molecular weight is 529 g/mol. The zero-order chi connectivity index (χ0) is 28.2. The van der Waals surface area contributed by atoms with Crippen molar-refractivity contribution in [2.24, 2.45) is 0 Å². The highest BCUT2D eigenvalue weighted by atomic mass is 16.5. The van der Waals surface area contributed by atoms with Crippen LogP contribution in [0.2, 0.25) is 0 Å². The first-order valence-electron chi connectivity index (χ1n) is 13.4. The van der Waals surface area contributed by atoms with E-state index >= 15 is 0 Å². The molecule has 0 amide bonds. The maximum absolute atomic E-state index is 11.7. The van der Waals surface area contributed by atoms with Crippen molar-refractivity contribution in [3.05, 3.63) is 124 Å². The minimum absolute atomic E-state index is 0.335. The number of ether oxygens (including phenoxy) is 3. The van der Waals surface area contributed by atoms with E-state index in [0.717, 1.165) is 28.0 Å². The Labute approximate surface area is 235 Å². The molecule has 4 heteroatoms. The Hall–Kier alpha value is -4.57. The molecular weight excluding hydrogens is 496 g/mol. The lowest BCUT2D eigenvalue weighted by atomic mass is 9.66. The van der Waals surface area contributed by atoms with Gasteiger partial charge < -0.3 is 14.2 Å². The van der Waals surface area contributed by atoms with Crippen LogP contribution in [0.4, 0.5) is 0 Å². The number of rotatable bonds is 5. The van der Waals surface area contributed by atoms with E-state index in [2.05, 4.69) is 81.4 Å². The van der Waals surface area contributed by atoms with Crippen molar-refractivity contribution in [3.63, 3.8) is 0 Å². The molecule has 200 valence electrons. The van der Waals surface area contributed by atoms with E-state index in [0.29, 0.717) is 5.75 Å². The first-order chi connectivity index (χ1) is 19.3. The lowest BCUT2D eigenvalue weighted by molar-refractivity contribution is -0.131. The van der Waals surface area contributed by atoms with E-state index in [1.807, 2.05) is 24.3 Å². The van der Waals surface area contributed by atoms with Crippen LogP contribution in [-0.2, 0) is 10.2 Å². The summed E-state index contributed by atoms with van der Waals surface area (Å²) in [5, 5.41) is 2.38. The predicted molar refractivity (Wildman–Crippen MR) is 160 cm³/mol. The third-order valence-corrected chi connectivity index (χ3v) is 8.12. The second-order valence-electron chi connectivity index (χ2n) is 10.6. The van der Waals surface area contributed by atoms with Crippen LogP contribution in [0, 0.1) is 20.8 Å². The lowest BCUT2D eigenvalue weighted by Gasteiger charge is -2.35. The molecule has 0 heterocycles. The largest absolute Gasteiger partial charge is 0.497 e. The topological polar surface area (TPSA) is 44.8 Å². The standard InChI is InChI=1S/C36H32O4/c1-21-17-23(3)35-31(18-21)34-32(16-7-25-20-30(39-6)19-22(2)33(25)34)36(35,26-8-12-28(38-5)13-9-26)27-10-14-29(15-11-27)40-24(4)37/h7-20H,1-6H3. The summed E-state index contributed by atoms with van der Waals surface area (Å²) < 4.78 is 16.6. The van der Waals surface area contributed by atoms with Crippen molar-refractivity contribution < 1.29 is 19.0 Å². The van der Waals surface area contributed by atoms with Crippen molar-refractivity contribution in [3.8, 4) is 28.4 Å². The summed E-state index contributed by atoms with van der Waals surface area (Å²) in [4.78, 5) is 11.7. The van der Waals surface area contributed by atoms with Crippen LogP contribution >= 0.6 is 0 Å². The highest BCUT2D eigenvalue weighted by Crippen LogP contribution is 2.59. The van der Waals surface area contributed by atoms with E-state index < -0.39 is 5.41 Å². The molecule has 0 fully saturated rings. The second kappa shape index (κ2) is 9.56. The molecule has 1 atom stereocenters. The van der Waals surface area contributed by atoms with Gasteiger partial charge in [0.05, 0.1) is 19.6 Å². The SMILES string of the molecule is COc1ccc(C2(c3ccc(OC(C)=O)cc3)c3ccc4cc(OC)cc(C)c4c3-c3cc(C)cc(C)c32)cc1. The number of fused-ring (bicyclic) bond motifs is 5. The number of carbonyl (C=O) groups is 1. The fraction of sp³-hybridized carbons (Fsp3) is 0.194. The molecule has 0 saturated carbocycles. The third kappa shape index (κ3) is 3.78. The maximum Gasteiger partial charge on any atom is 0.308 e. The summed E-state index contributed by atoms with van der Waals surface area (Å²) in [6.45, 7) is 7.95. The fourth-order valence-corrected chi connectivity index (χ4v) is 6.70. The highest BCUT2D eigenvalue weighted by molar-refractivity contribution is 6.06. The Kier molecular flexibility index (Phi) is 6.14. The Balaban J connectivity index is 1.78. The van der Waals surface area contributed by atoms with Crippen molar-refractivity contribution in [1.29, 1.82) is 0 Å². The number of hydrogen-bond donors (Lipinski definition) is 0. The van der Waals surface area contributed by atoms with Crippen LogP contribution in [0.5, 0.6) is 17.2 Å². The van der Waals surface area contributed by atoms with Crippen LogP contribution in [0.3, 0.4) is 0 Å². The molecule has 0 N–H and O–H groups in total. The molecule has 1 aliphatic rings. The van der Waals surface area contributed by atoms with Crippen LogP contribution < -0.4 is 14.2 Å². The number of esters is 1. The summed E-state index contributed by atoms with van der Waals surface area (Å²) in [6.07, 6.45) is 0. The fourth-order valence-electron chi connectivity index (χ4n) is 6.70. The molecule has 40 heavy (non-hydrogen) atoms. The summed E-state index contributed by atoms with van der Waals surface area (Å²) >= 11 is 0. The van der Waals surface area contributed by atoms with Gasteiger partial charge in [-0.25, -0.2) is 0 Å². The normalized spacial score (nSPS) is 15.4. The van der Waals surface area contributed by atoms with E-state index in [1.165, 1.54) is 51.3 Å². The molecule has 0 saturated heterocycles.